The molecule has 0 amide bonds. The molecule has 2 atom stereocenters. The van der Waals surface area contributed by atoms with E-state index >= 15 is 0 Å². The fraction of sp³-hybridized carbons (Fsp3) is 1.00. The van der Waals surface area contributed by atoms with E-state index in [-0.39, 0.29) is 29.6 Å². The Morgan fingerprint density at radius 3 is 1.60 bits per heavy atom. The van der Waals surface area contributed by atoms with Gasteiger partial charge in [0.25, 0.3) is 0 Å². The maximum atomic E-state index is 9.69. The molecular weight excluding hydrogens is 193 g/mol. The fourth-order valence-corrected chi connectivity index (χ4v) is 0.568. The van der Waals surface area contributed by atoms with Crippen LogP contribution in [-0.2, 0) is 18.2 Å². The Hall–Kier alpha value is 1.30. The standard InChI is InChI=1S/CH6O6P2.Na.H/c2-8(3)6-1-7-9(4)5;;/h8-9H,1H2,(H,2,3)(H,4,5);;. The van der Waals surface area contributed by atoms with Gasteiger partial charge in [-0.1, -0.05) is 0 Å². The molecule has 0 spiro atoms. The Balaban J connectivity index is 0. The van der Waals surface area contributed by atoms with Crippen LogP contribution in [0, 0.1) is 0 Å². The molecule has 0 saturated heterocycles. The van der Waals surface area contributed by atoms with Crippen LogP contribution < -0.4 is 0 Å². The third-order valence-corrected chi connectivity index (χ3v) is 1.09. The zero-order valence-corrected chi connectivity index (χ0v) is 6.23. The van der Waals surface area contributed by atoms with Crippen molar-refractivity contribution in [2.24, 2.45) is 0 Å². The van der Waals surface area contributed by atoms with Gasteiger partial charge in [-0.05, 0) is 0 Å². The van der Waals surface area contributed by atoms with Crippen molar-refractivity contribution in [2.45, 2.75) is 0 Å². The molecule has 9 heteroatoms. The molecule has 10 heavy (non-hydrogen) atoms. The van der Waals surface area contributed by atoms with Crippen LogP contribution in [0.4, 0.5) is 0 Å². The minimum absolute atomic E-state index is 0. The molecule has 6 nitrogen and oxygen atoms in total. The first-order chi connectivity index (χ1) is 4.13. The molecule has 0 aromatic carbocycles. The summed E-state index contributed by atoms with van der Waals surface area (Å²) in [6, 6.07) is 0. The van der Waals surface area contributed by atoms with Gasteiger partial charge in [0.2, 0.25) is 0 Å². The second-order valence-corrected chi connectivity index (χ2v) is 2.58. The van der Waals surface area contributed by atoms with Gasteiger partial charge in [-0.3, -0.25) is 18.2 Å². The van der Waals surface area contributed by atoms with Gasteiger partial charge in [-0.15, -0.1) is 0 Å². The zero-order chi connectivity index (χ0) is 7.28. The topological polar surface area (TPSA) is 93.1 Å². The Morgan fingerprint density at radius 1 is 1.10 bits per heavy atom. The van der Waals surface area contributed by atoms with Gasteiger partial charge in [-0.2, -0.15) is 0 Å². The van der Waals surface area contributed by atoms with Gasteiger partial charge >= 0.3 is 46.1 Å². The van der Waals surface area contributed by atoms with Crippen LogP contribution >= 0.6 is 16.5 Å². The zero-order valence-electron chi connectivity index (χ0n) is 4.23. The van der Waals surface area contributed by atoms with E-state index in [1.165, 1.54) is 0 Å². The first-order valence-corrected chi connectivity index (χ1v) is 4.37. The molecule has 0 saturated carbocycles. The Labute approximate surface area is 80.7 Å². The van der Waals surface area contributed by atoms with Crippen molar-refractivity contribution in [3.8, 4) is 0 Å². The molecule has 58 valence electrons. The van der Waals surface area contributed by atoms with Crippen LogP contribution in [0.1, 0.15) is 0 Å². The van der Waals surface area contributed by atoms with Gasteiger partial charge in [0.1, 0.15) is 0 Å². The molecule has 2 unspecified atom stereocenters. The van der Waals surface area contributed by atoms with Crippen molar-refractivity contribution in [1.82, 2.24) is 0 Å². The van der Waals surface area contributed by atoms with Crippen molar-refractivity contribution in [3.63, 3.8) is 0 Å². The molecule has 0 aliphatic carbocycles. The number of rotatable bonds is 4. The third-order valence-electron chi connectivity index (χ3n) is 0.365. The first-order valence-electron chi connectivity index (χ1n) is 1.84. The van der Waals surface area contributed by atoms with Crippen molar-refractivity contribution in [1.29, 1.82) is 0 Å². The summed E-state index contributed by atoms with van der Waals surface area (Å²) in [6.45, 7) is -0.622. The molecular formula is CH7NaO6P2. The van der Waals surface area contributed by atoms with Crippen molar-refractivity contribution in [2.75, 3.05) is 6.79 Å². The summed E-state index contributed by atoms with van der Waals surface area (Å²) in [5.74, 6) is 0. The molecule has 0 aliphatic rings. The normalized spacial score (nSPS) is 15.4. The van der Waals surface area contributed by atoms with Gasteiger partial charge < -0.3 is 9.79 Å². The Morgan fingerprint density at radius 2 is 1.40 bits per heavy atom. The average molecular weight is 200 g/mol. The summed E-state index contributed by atoms with van der Waals surface area (Å²) in [5, 5.41) is 0. The van der Waals surface area contributed by atoms with E-state index in [0.29, 0.717) is 0 Å². The molecule has 0 radical (unpaired) electrons. The van der Waals surface area contributed by atoms with E-state index in [4.69, 9.17) is 9.79 Å². The summed E-state index contributed by atoms with van der Waals surface area (Å²) < 4.78 is 27.2. The van der Waals surface area contributed by atoms with Gasteiger partial charge in [0, 0.05) is 0 Å². The first kappa shape index (κ1) is 13.9. The molecule has 2 N–H and O–H groups in total. The molecule has 0 heterocycles. The van der Waals surface area contributed by atoms with Crippen molar-refractivity contribution < 1.29 is 28.0 Å². The van der Waals surface area contributed by atoms with E-state index in [0.717, 1.165) is 0 Å². The van der Waals surface area contributed by atoms with Crippen LogP contribution in [0.5, 0.6) is 0 Å². The van der Waals surface area contributed by atoms with Crippen molar-refractivity contribution in [3.05, 3.63) is 0 Å². The molecule has 0 aliphatic heterocycles. The Kier molecular flexibility index (Phi) is 11.6. The molecule has 0 bridgehead atoms. The summed E-state index contributed by atoms with van der Waals surface area (Å²) in [7, 11) is -6.08. The van der Waals surface area contributed by atoms with Crippen LogP contribution in [0.25, 0.3) is 0 Å². The second kappa shape index (κ2) is 8.40. The molecule has 0 rings (SSSR count). The predicted molar refractivity (Wildman–Crippen MR) is 36.6 cm³/mol. The average Bonchev–Trinajstić information content (AvgIpc) is 1.63. The summed E-state index contributed by atoms with van der Waals surface area (Å²) in [5.41, 5.74) is 0. The van der Waals surface area contributed by atoms with E-state index in [9.17, 15) is 9.13 Å². The SMILES string of the molecule is O=[PH](O)OCO[PH](=O)O.[NaH]. The summed E-state index contributed by atoms with van der Waals surface area (Å²) in [6.07, 6.45) is 0. The summed E-state index contributed by atoms with van der Waals surface area (Å²) >= 11 is 0. The summed E-state index contributed by atoms with van der Waals surface area (Å²) in [4.78, 5) is 15.9. The quantitative estimate of drug-likeness (QED) is 0.346. The van der Waals surface area contributed by atoms with Crippen molar-refractivity contribution >= 4 is 46.1 Å². The van der Waals surface area contributed by atoms with Crippen LogP contribution in [0.15, 0.2) is 0 Å². The van der Waals surface area contributed by atoms with E-state index in [2.05, 4.69) is 9.05 Å². The monoisotopic (exact) mass is 200 g/mol. The third kappa shape index (κ3) is 12.0. The van der Waals surface area contributed by atoms with Crippen LogP contribution in [-0.4, -0.2) is 46.1 Å². The Bertz CT molecular complexity index is 111. The van der Waals surface area contributed by atoms with E-state index in [1.807, 2.05) is 0 Å². The van der Waals surface area contributed by atoms with Crippen LogP contribution in [0.2, 0.25) is 0 Å². The van der Waals surface area contributed by atoms with Gasteiger partial charge in [-0.25, -0.2) is 0 Å². The molecule has 0 aromatic heterocycles. The predicted octanol–water partition coefficient (Wildman–Crippen LogP) is -0.907. The minimum atomic E-state index is -3.04. The van der Waals surface area contributed by atoms with Crippen LogP contribution in [0.3, 0.4) is 0 Å². The number of hydrogen-bond donors (Lipinski definition) is 2. The fourth-order valence-electron chi connectivity index (χ4n) is 0.130. The van der Waals surface area contributed by atoms with Gasteiger partial charge in [0.05, 0.1) is 0 Å². The molecule has 0 aromatic rings. The van der Waals surface area contributed by atoms with E-state index < -0.39 is 23.3 Å². The second-order valence-electron chi connectivity index (χ2n) is 0.938. The maximum absolute atomic E-state index is 9.69. The number of hydrogen-bond acceptors (Lipinski definition) is 4. The van der Waals surface area contributed by atoms with E-state index in [1.54, 1.807) is 0 Å². The van der Waals surface area contributed by atoms with Gasteiger partial charge in [0.15, 0.2) is 6.79 Å². The molecule has 0 fully saturated rings.